The number of hydrogen-bond acceptors (Lipinski definition) is 5. The van der Waals surface area contributed by atoms with Gasteiger partial charge in [-0.15, -0.1) is 0 Å². The molecule has 0 atom stereocenters. The molecule has 1 fully saturated rings. The Hall–Kier alpha value is -1.99. The summed E-state index contributed by atoms with van der Waals surface area (Å²) in [5.74, 6) is 1.03. The summed E-state index contributed by atoms with van der Waals surface area (Å²) in [6.07, 6.45) is 0. The van der Waals surface area contributed by atoms with Gasteiger partial charge in [-0.2, -0.15) is 0 Å². The van der Waals surface area contributed by atoms with Crippen molar-refractivity contribution in [2.24, 2.45) is 0 Å². The first-order valence-electron chi connectivity index (χ1n) is 8.30. The van der Waals surface area contributed by atoms with Crippen molar-refractivity contribution in [2.75, 3.05) is 51.3 Å². The molecule has 0 saturated carbocycles. The Morgan fingerprint density at radius 3 is 2.48 bits per heavy atom. The van der Waals surface area contributed by atoms with Crippen molar-refractivity contribution in [1.29, 1.82) is 0 Å². The molecule has 1 aliphatic rings. The van der Waals surface area contributed by atoms with Gasteiger partial charge in [-0.05, 0) is 52.3 Å². The molecule has 1 aromatic heterocycles. The van der Waals surface area contributed by atoms with Crippen LogP contribution in [0.1, 0.15) is 10.6 Å². The quantitative estimate of drug-likeness (QED) is 0.797. The van der Waals surface area contributed by atoms with Crippen LogP contribution in [0.15, 0.2) is 45.5 Å². The van der Waals surface area contributed by atoms with Crippen LogP contribution in [0.3, 0.4) is 0 Å². The highest BCUT2D eigenvalue weighted by atomic mass is 79.9. The smallest absolute Gasteiger partial charge is 0.287 e. The first-order valence-corrected chi connectivity index (χ1v) is 9.10. The molecule has 1 amide bonds. The van der Waals surface area contributed by atoms with Gasteiger partial charge in [0.25, 0.3) is 5.91 Å². The van der Waals surface area contributed by atoms with Gasteiger partial charge < -0.3 is 19.4 Å². The van der Waals surface area contributed by atoms with E-state index in [-0.39, 0.29) is 5.91 Å². The van der Waals surface area contributed by atoms with Gasteiger partial charge in [-0.1, -0.05) is 0 Å². The number of ether oxygens (including phenoxy) is 1. The number of carbonyl (C=O) groups is 1. The molecule has 6 nitrogen and oxygen atoms in total. The largest absolute Gasteiger partial charge is 0.497 e. The number of benzene rings is 1. The summed E-state index contributed by atoms with van der Waals surface area (Å²) in [7, 11) is 1.68. The maximum absolute atomic E-state index is 11.9. The fourth-order valence-electron chi connectivity index (χ4n) is 2.87. The minimum Gasteiger partial charge on any atom is -0.497 e. The number of hydrogen-bond donors (Lipinski definition) is 1. The first-order chi connectivity index (χ1) is 12.2. The van der Waals surface area contributed by atoms with Gasteiger partial charge in [0, 0.05) is 45.0 Å². The Morgan fingerprint density at radius 1 is 1.16 bits per heavy atom. The molecule has 1 N–H and O–H groups in total. The van der Waals surface area contributed by atoms with E-state index in [2.05, 4.69) is 43.2 Å². The average Bonchev–Trinajstić information content (AvgIpc) is 3.09. The van der Waals surface area contributed by atoms with Gasteiger partial charge in [0.1, 0.15) is 5.75 Å². The third-order valence-corrected chi connectivity index (χ3v) is 4.75. The molecule has 134 valence electrons. The van der Waals surface area contributed by atoms with Gasteiger partial charge >= 0.3 is 0 Å². The summed E-state index contributed by atoms with van der Waals surface area (Å²) in [4.78, 5) is 16.7. The van der Waals surface area contributed by atoms with Crippen molar-refractivity contribution in [3.05, 3.63) is 46.8 Å². The van der Waals surface area contributed by atoms with E-state index in [1.165, 1.54) is 5.69 Å². The number of furan rings is 1. The lowest BCUT2D eigenvalue weighted by Gasteiger charge is -2.36. The summed E-state index contributed by atoms with van der Waals surface area (Å²) in [6, 6.07) is 11.5. The predicted molar refractivity (Wildman–Crippen MR) is 100 cm³/mol. The fourth-order valence-corrected chi connectivity index (χ4v) is 3.18. The van der Waals surface area contributed by atoms with Crippen molar-refractivity contribution in [1.82, 2.24) is 10.2 Å². The number of rotatable bonds is 6. The molecule has 7 heteroatoms. The van der Waals surface area contributed by atoms with Crippen molar-refractivity contribution in [3.63, 3.8) is 0 Å². The molecular formula is C18H22BrN3O3. The summed E-state index contributed by atoms with van der Waals surface area (Å²) in [5.41, 5.74) is 1.22. The van der Waals surface area contributed by atoms with Gasteiger partial charge in [0.15, 0.2) is 10.4 Å². The summed E-state index contributed by atoms with van der Waals surface area (Å²) in [5, 5.41) is 2.89. The topological polar surface area (TPSA) is 58.0 Å². The van der Waals surface area contributed by atoms with Crippen LogP contribution in [0.25, 0.3) is 0 Å². The minimum atomic E-state index is -0.178. The zero-order valence-corrected chi connectivity index (χ0v) is 15.8. The van der Waals surface area contributed by atoms with E-state index in [9.17, 15) is 4.79 Å². The number of methoxy groups -OCH3 is 1. The number of carbonyl (C=O) groups excluding carboxylic acids is 1. The van der Waals surface area contributed by atoms with Crippen LogP contribution in [0.5, 0.6) is 5.75 Å². The lowest BCUT2D eigenvalue weighted by atomic mass is 10.2. The van der Waals surface area contributed by atoms with Crippen LogP contribution >= 0.6 is 15.9 Å². The van der Waals surface area contributed by atoms with Crippen LogP contribution in [-0.2, 0) is 0 Å². The Labute approximate surface area is 155 Å². The van der Waals surface area contributed by atoms with Crippen molar-refractivity contribution in [3.8, 4) is 5.75 Å². The highest BCUT2D eigenvalue weighted by Crippen LogP contribution is 2.20. The highest BCUT2D eigenvalue weighted by Gasteiger charge is 2.17. The Kier molecular flexibility index (Phi) is 5.99. The fraction of sp³-hybridized carbons (Fsp3) is 0.389. The molecule has 0 aliphatic carbocycles. The number of halogens is 1. The standard InChI is InChI=1S/C18H22BrN3O3/c1-24-15-4-2-14(3-5-15)22-12-10-21(11-13-22)9-8-20-18(23)16-6-7-17(19)25-16/h2-7H,8-13H2,1H3,(H,20,23). The van der Waals surface area contributed by atoms with E-state index >= 15 is 0 Å². The number of nitrogens with one attached hydrogen (secondary N) is 1. The molecule has 1 aromatic carbocycles. The zero-order chi connectivity index (χ0) is 17.6. The molecule has 0 radical (unpaired) electrons. The first kappa shape index (κ1) is 17.8. The molecule has 3 rings (SSSR count). The predicted octanol–water partition coefficient (Wildman–Crippen LogP) is 2.60. The SMILES string of the molecule is COc1ccc(N2CCN(CCNC(=O)c3ccc(Br)o3)CC2)cc1. The lowest BCUT2D eigenvalue weighted by Crippen LogP contribution is -2.48. The highest BCUT2D eigenvalue weighted by molar-refractivity contribution is 9.10. The molecule has 1 saturated heterocycles. The van der Waals surface area contributed by atoms with E-state index in [0.717, 1.165) is 38.5 Å². The summed E-state index contributed by atoms with van der Waals surface area (Å²) < 4.78 is 11.0. The molecule has 0 spiro atoms. The number of nitrogens with zero attached hydrogens (tertiary/aromatic N) is 2. The maximum Gasteiger partial charge on any atom is 0.287 e. The van der Waals surface area contributed by atoms with E-state index in [1.807, 2.05) is 12.1 Å². The van der Waals surface area contributed by atoms with Crippen LogP contribution in [0.2, 0.25) is 0 Å². The van der Waals surface area contributed by atoms with E-state index in [0.29, 0.717) is 17.0 Å². The summed E-state index contributed by atoms with van der Waals surface area (Å²) in [6.45, 7) is 5.36. The Bertz CT molecular complexity index is 694. The third kappa shape index (κ3) is 4.76. The van der Waals surface area contributed by atoms with Crippen molar-refractivity contribution < 1.29 is 13.9 Å². The average molecular weight is 408 g/mol. The molecule has 2 heterocycles. The van der Waals surface area contributed by atoms with Crippen LogP contribution in [0, 0.1) is 0 Å². The molecule has 0 bridgehead atoms. The van der Waals surface area contributed by atoms with Gasteiger partial charge in [-0.25, -0.2) is 0 Å². The van der Waals surface area contributed by atoms with Crippen LogP contribution < -0.4 is 15.0 Å². The normalized spacial score (nSPS) is 15.2. The van der Waals surface area contributed by atoms with Crippen LogP contribution in [0.4, 0.5) is 5.69 Å². The van der Waals surface area contributed by atoms with E-state index < -0.39 is 0 Å². The van der Waals surface area contributed by atoms with E-state index in [1.54, 1.807) is 19.2 Å². The van der Waals surface area contributed by atoms with Gasteiger partial charge in [-0.3, -0.25) is 9.69 Å². The number of anilines is 1. The summed E-state index contributed by atoms with van der Waals surface area (Å²) >= 11 is 3.20. The molecule has 1 aliphatic heterocycles. The molecule has 0 unspecified atom stereocenters. The second kappa shape index (κ2) is 8.40. The van der Waals surface area contributed by atoms with Crippen LogP contribution in [-0.4, -0.2) is 57.2 Å². The molecular weight excluding hydrogens is 386 g/mol. The minimum absolute atomic E-state index is 0.178. The monoisotopic (exact) mass is 407 g/mol. The second-order valence-corrected chi connectivity index (χ2v) is 6.67. The zero-order valence-electron chi connectivity index (χ0n) is 14.2. The Morgan fingerprint density at radius 2 is 1.88 bits per heavy atom. The number of piperazine rings is 1. The van der Waals surface area contributed by atoms with Gasteiger partial charge in [0.05, 0.1) is 7.11 Å². The van der Waals surface area contributed by atoms with Gasteiger partial charge in [0.2, 0.25) is 0 Å². The third-order valence-electron chi connectivity index (χ3n) is 4.32. The lowest BCUT2D eigenvalue weighted by molar-refractivity contribution is 0.0919. The maximum atomic E-state index is 11.9. The Balaban J connectivity index is 1.39. The second-order valence-electron chi connectivity index (χ2n) is 5.89. The van der Waals surface area contributed by atoms with Crippen molar-refractivity contribution in [2.45, 2.75) is 0 Å². The number of amides is 1. The molecule has 2 aromatic rings. The van der Waals surface area contributed by atoms with E-state index in [4.69, 9.17) is 9.15 Å². The molecule has 25 heavy (non-hydrogen) atoms. The van der Waals surface area contributed by atoms with Crippen molar-refractivity contribution >= 4 is 27.5 Å².